The van der Waals surface area contributed by atoms with E-state index < -0.39 is 0 Å². The van der Waals surface area contributed by atoms with E-state index in [-0.39, 0.29) is 18.3 Å². The number of rotatable bonds is 7. The van der Waals surface area contributed by atoms with Gasteiger partial charge in [-0.15, -0.1) is 11.3 Å². The fraction of sp³-hybridized carbons (Fsp3) is 0.250. The van der Waals surface area contributed by atoms with Crippen molar-refractivity contribution < 1.29 is 14.3 Å². The molecule has 110 valence electrons. The van der Waals surface area contributed by atoms with Crippen molar-refractivity contribution >= 4 is 23.0 Å². The highest BCUT2D eigenvalue weighted by Crippen LogP contribution is 2.17. The molecule has 1 amide bonds. The molecule has 5 heteroatoms. The maximum Gasteiger partial charge on any atom is 0.257 e. The number of para-hydroxylation sites is 1. The minimum atomic E-state index is -0.151. The largest absolute Gasteiger partial charge is 0.484 e. The molecule has 0 aliphatic heterocycles. The molecule has 0 unspecified atom stereocenters. The van der Waals surface area contributed by atoms with Gasteiger partial charge in [0.15, 0.2) is 12.4 Å². The number of carbonyl (C=O) groups excluding carboxylic acids is 2. The van der Waals surface area contributed by atoms with Gasteiger partial charge in [0, 0.05) is 11.4 Å². The smallest absolute Gasteiger partial charge is 0.257 e. The maximum absolute atomic E-state index is 11.6. The van der Waals surface area contributed by atoms with Gasteiger partial charge in [0.25, 0.3) is 5.91 Å². The summed E-state index contributed by atoms with van der Waals surface area (Å²) in [6, 6.07) is 13.0. The molecule has 0 saturated heterocycles. The Hall–Kier alpha value is -2.14. The van der Waals surface area contributed by atoms with Crippen LogP contribution in [0.15, 0.2) is 42.5 Å². The summed E-state index contributed by atoms with van der Waals surface area (Å²) in [7, 11) is 0. The average Bonchev–Trinajstić information content (AvgIpc) is 2.95. The molecule has 2 aromatic rings. The highest BCUT2D eigenvalue weighted by molar-refractivity contribution is 7.14. The molecule has 0 aliphatic rings. The summed E-state index contributed by atoms with van der Waals surface area (Å²) in [4.78, 5) is 24.7. The topological polar surface area (TPSA) is 55.4 Å². The second-order valence-electron chi connectivity index (χ2n) is 4.52. The van der Waals surface area contributed by atoms with Crippen molar-refractivity contribution in [2.75, 3.05) is 13.2 Å². The lowest BCUT2D eigenvalue weighted by Crippen LogP contribution is -2.30. The predicted molar refractivity (Wildman–Crippen MR) is 83.0 cm³/mol. The number of amides is 1. The van der Waals surface area contributed by atoms with Crippen LogP contribution >= 0.6 is 11.3 Å². The SMILES string of the molecule is CC(=O)c1ccc(CCNC(=O)COc2ccccc2)s1. The number of ether oxygens (including phenoxy) is 1. The van der Waals surface area contributed by atoms with E-state index in [1.807, 2.05) is 42.5 Å². The van der Waals surface area contributed by atoms with Gasteiger partial charge in [-0.1, -0.05) is 18.2 Å². The Bertz CT molecular complexity index is 607. The standard InChI is InChI=1S/C16H17NO3S/c1-12(18)15-8-7-14(21-15)9-10-17-16(19)11-20-13-5-3-2-4-6-13/h2-8H,9-11H2,1H3,(H,17,19). The van der Waals surface area contributed by atoms with Gasteiger partial charge < -0.3 is 10.1 Å². The first-order chi connectivity index (χ1) is 10.1. The van der Waals surface area contributed by atoms with E-state index in [4.69, 9.17) is 4.74 Å². The van der Waals surface area contributed by atoms with E-state index in [1.165, 1.54) is 11.3 Å². The molecule has 0 aliphatic carbocycles. The lowest BCUT2D eigenvalue weighted by atomic mass is 10.3. The Morgan fingerprint density at radius 2 is 1.90 bits per heavy atom. The summed E-state index contributed by atoms with van der Waals surface area (Å²) in [5.41, 5.74) is 0. The maximum atomic E-state index is 11.6. The Balaban J connectivity index is 1.68. The zero-order valence-corrected chi connectivity index (χ0v) is 12.6. The first-order valence-electron chi connectivity index (χ1n) is 6.69. The van der Waals surface area contributed by atoms with Crippen LogP contribution in [0, 0.1) is 0 Å². The highest BCUT2D eigenvalue weighted by atomic mass is 32.1. The quantitative estimate of drug-likeness (QED) is 0.800. The van der Waals surface area contributed by atoms with Crippen LogP contribution in [0.1, 0.15) is 21.5 Å². The third-order valence-electron chi connectivity index (χ3n) is 2.82. The molecule has 1 heterocycles. The third kappa shape index (κ3) is 5.04. The van der Waals surface area contributed by atoms with Crippen molar-refractivity contribution in [2.45, 2.75) is 13.3 Å². The number of hydrogen-bond donors (Lipinski definition) is 1. The zero-order chi connectivity index (χ0) is 15.1. The summed E-state index contributed by atoms with van der Waals surface area (Å²) >= 11 is 1.47. The van der Waals surface area contributed by atoms with Crippen molar-refractivity contribution in [2.24, 2.45) is 0 Å². The van der Waals surface area contributed by atoms with Crippen LogP contribution in [0.25, 0.3) is 0 Å². The minimum absolute atomic E-state index is 0.00709. The number of benzene rings is 1. The fourth-order valence-corrected chi connectivity index (χ4v) is 2.65. The lowest BCUT2D eigenvalue weighted by Gasteiger charge is -2.06. The van der Waals surface area contributed by atoms with Crippen LogP contribution in [0.3, 0.4) is 0 Å². The van der Waals surface area contributed by atoms with Crippen LogP contribution in [-0.2, 0) is 11.2 Å². The van der Waals surface area contributed by atoms with Gasteiger partial charge in [-0.25, -0.2) is 0 Å². The van der Waals surface area contributed by atoms with Gasteiger partial charge in [0.05, 0.1) is 4.88 Å². The zero-order valence-electron chi connectivity index (χ0n) is 11.8. The van der Waals surface area contributed by atoms with Crippen LogP contribution < -0.4 is 10.1 Å². The summed E-state index contributed by atoms with van der Waals surface area (Å²) < 4.78 is 5.35. The van der Waals surface area contributed by atoms with E-state index in [2.05, 4.69) is 5.32 Å². The number of ketones is 1. The summed E-state index contributed by atoms with van der Waals surface area (Å²) in [5, 5.41) is 2.80. The molecule has 1 N–H and O–H groups in total. The minimum Gasteiger partial charge on any atom is -0.484 e. The second kappa shape index (κ2) is 7.59. The summed E-state index contributed by atoms with van der Waals surface area (Å²) in [6.07, 6.45) is 0.717. The second-order valence-corrected chi connectivity index (χ2v) is 5.69. The highest BCUT2D eigenvalue weighted by Gasteiger charge is 2.06. The molecule has 1 aromatic carbocycles. The Morgan fingerprint density at radius 1 is 1.14 bits per heavy atom. The van der Waals surface area contributed by atoms with Gasteiger partial charge in [-0.3, -0.25) is 9.59 Å². The number of hydrogen-bond acceptors (Lipinski definition) is 4. The first-order valence-corrected chi connectivity index (χ1v) is 7.51. The molecular weight excluding hydrogens is 286 g/mol. The van der Waals surface area contributed by atoms with Crippen molar-refractivity contribution in [1.29, 1.82) is 0 Å². The Morgan fingerprint density at radius 3 is 2.57 bits per heavy atom. The molecule has 0 radical (unpaired) electrons. The molecule has 0 saturated carbocycles. The van der Waals surface area contributed by atoms with E-state index >= 15 is 0 Å². The monoisotopic (exact) mass is 303 g/mol. The van der Waals surface area contributed by atoms with Crippen molar-refractivity contribution in [3.8, 4) is 5.75 Å². The first kappa shape index (κ1) is 15.3. The molecule has 0 spiro atoms. The van der Waals surface area contributed by atoms with Gasteiger partial charge in [0.1, 0.15) is 5.75 Å². The van der Waals surface area contributed by atoms with Crippen molar-refractivity contribution in [1.82, 2.24) is 5.32 Å². The Kier molecular flexibility index (Phi) is 5.51. The van der Waals surface area contributed by atoms with Crippen molar-refractivity contribution in [3.05, 3.63) is 52.2 Å². The number of thiophene rings is 1. The molecule has 0 bridgehead atoms. The van der Waals surface area contributed by atoms with Gasteiger partial charge in [-0.05, 0) is 37.6 Å². The number of nitrogens with one attached hydrogen (secondary N) is 1. The van der Waals surface area contributed by atoms with E-state index in [0.29, 0.717) is 12.3 Å². The average molecular weight is 303 g/mol. The molecule has 2 rings (SSSR count). The van der Waals surface area contributed by atoms with E-state index in [1.54, 1.807) is 6.92 Å². The van der Waals surface area contributed by atoms with Crippen molar-refractivity contribution in [3.63, 3.8) is 0 Å². The van der Waals surface area contributed by atoms with Crippen LogP contribution in [0.2, 0.25) is 0 Å². The van der Waals surface area contributed by atoms with Crippen LogP contribution in [0.4, 0.5) is 0 Å². The van der Waals surface area contributed by atoms with Crippen LogP contribution in [0.5, 0.6) is 5.75 Å². The van der Waals surface area contributed by atoms with Gasteiger partial charge in [-0.2, -0.15) is 0 Å². The van der Waals surface area contributed by atoms with E-state index in [0.717, 1.165) is 16.2 Å². The number of Topliss-reactive ketones (excluding diaryl/α,β-unsaturated/α-hetero) is 1. The van der Waals surface area contributed by atoms with Crippen LogP contribution in [-0.4, -0.2) is 24.8 Å². The van der Waals surface area contributed by atoms with Gasteiger partial charge >= 0.3 is 0 Å². The van der Waals surface area contributed by atoms with Gasteiger partial charge in [0.2, 0.25) is 0 Å². The summed E-state index contributed by atoms with van der Waals surface area (Å²) in [5.74, 6) is 0.603. The normalized spacial score (nSPS) is 10.1. The molecule has 4 nitrogen and oxygen atoms in total. The Labute approximate surface area is 127 Å². The molecule has 0 fully saturated rings. The molecular formula is C16H17NO3S. The molecule has 21 heavy (non-hydrogen) atoms. The third-order valence-corrected chi connectivity index (χ3v) is 4.06. The lowest BCUT2D eigenvalue weighted by molar-refractivity contribution is -0.123. The fourth-order valence-electron chi connectivity index (χ4n) is 1.74. The molecule has 1 aromatic heterocycles. The van der Waals surface area contributed by atoms with E-state index in [9.17, 15) is 9.59 Å². The summed E-state index contributed by atoms with van der Waals surface area (Å²) in [6.45, 7) is 2.10. The number of carbonyl (C=O) groups is 2. The molecule has 0 atom stereocenters. The predicted octanol–water partition coefficient (Wildman–Crippen LogP) is 2.69.